The zero-order valence-corrected chi connectivity index (χ0v) is 7.15. The molecular formula is C6H12BClO2. The van der Waals surface area contributed by atoms with E-state index >= 15 is 0 Å². The molecule has 1 saturated heterocycles. The van der Waals surface area contributed by atoms with Crippen LogP contribution in [0.1, 0.15) is 13.8 Å². The summed E-state index contributed by atoms with van der Waals surface area (Å²) in [6.45, 7) is 5.70. The van der Waals surface area contributed by atoms with E-state index in [4.69, 9.17) is 20.9 Å². The molecule has 0 aliphatic carbocycles. The fourth-order valence-electron chi connectivity index (χ4n) is 0.816. The molecule has 0 bridgehead atoms. The van der Waals surface area contributed by atoms with Gasteiger partial charge in [-0.25, -0.2) is 0 Å². The van der Waals surface area contributed by atoms with Crippen LogP contribution in [0.3, 0.4) is 0 Å². The molecule has 0 N–H and O–H groups in total. The van der Waals surface area contributed by atoms with Crippen LogP contribution in [0.25, 0.3) is 0 Å². The fourth-order valence-corrected chi connectivity index (χ4v) is 0.994. The molecule has 0 aromatic carbocycles. The smallest absolute Gasteiger partial charge is 0.410 e. The van der Waals surface area contributed by atoms with Crippen molar-refractivity contribution in [2.24, 2.45) is 5.41 Å². The molecular weight excluding hydrogens is 150 g/mol. The van der Waals surface area contributed by atoms with Crippen LogP contribution in [-0.4, -0.2) is 26.1 Å². The molecule has 58 valence electrons. The van der Waals surface area contributed by atoms with E-state index in [2.05, 4.69) is 13.8 Å². The first-order valence-corrected chi connectivity index (χ1v) is 3.97. The van der Waals surface area contributed by atoms with Crippen LogP contribution in [0.2, 0.25) is 0 Å². The third-order valence-corrected chi connectivity index (χ3v) is 1.70. The minimum absolute atomic E-state index is 0.155. The van der Waals surface area contributed by atoms with Crippen LogP contribution >= 0.6 is 11.6 Å². The van der Waals surface area contributed by atoms with Gasteiger partial charge in [-0.2, -0.15) is 0 Å². The Morgan fingerprint density at radius 1 is 1.40 bits per heavy atom. The third kappa shape index (κ3) is 2.15. The van der Waals surface area contributed by atoms with E-state index < -0.39 is 0 Å². The van der Waals surface area contributed by atoms with Crippen molar-refractivity contribution in [3.8, 4) is 0 Å². The third-order valence-electron chi connectivity index (χ3n) is 1.45. The van der Waals surface area contributed by atoms with Gasteiger partial charge in [-0.15, -0.1) is 11.6 Å². The zero-order valence-electron chi connectivity index (χ0n) is 6.39. The molecule has 1 heterocycles. The first-order valence-electron chi connectivity index (χ1n) is 3.43. The molecule has 0 aromatic heterocycles. The van der Waals surface area contributed by atoms with Gasteiger partial charge in [0.25, 0.3) is 0 Å². The van der Waals surface area contributed by atoms with E-state index in [1.165, 1.54) is 0 Å². The average Bonchev–Trinajstić information content (AvgIpc) is 1.88. The van der Waals surface area contributed by atoms with Crippen molar-refractivity contribution in [2.45, 2.75) is 13.8 Å². The molecule has 2 nitrogen and oxygen atoms in total. The summed E-state index contributed by atoms with van der Waals surface area (Å²) in [7, 11) is -0.185. The molecule has 4 heteroatoms. The van der Waals surface area contributed by atoms with Gasteiger partial charge < -0.3 is 9.31 Å². The standard InChI is InChI=1S/C6H12BClO2/c1-6(2)3-9-7(5-8)10-4-6/h3-5H2,1-2H3. The van der Waals surface area contributed by atoms with Gasteiger partial charge in [-0.3, -0.25) is 0 Å². The Labute approximate surface area is 67.0 Å². The Morgan fingerprint density at radius 2 is 1.90 bits per heavy atom. The Morgan fingerprint density at radius 3 is 2.30 bits per heavy atom. The number of hydrogen-bond donors (Lipinski definition) is 0. The maximum atomic E-state index is 5.52. The minimum Gasteiger partial charge on any atom is -0.410 e. The van der Waals surface area contributed by atoms with E-state index in [9.17, 15) is 0 Å². The first kappa shape index (κ1) is 8.37. The van der Waals surface area contributed by atoms with Crippen molar-refractivity contribution in [3.05, 3.63) is 0 Å². The lowest BCUT2D eigenvalue weighted by atomic mass is 9.86. The van der Waals surface area contributed by atoms with Crippen LogP contribution in [0.15, 0.2) is 0 Å². The molecule has 0 amide bonds. The largest absolute Gasteiger partial charge is 0.472 e. The maximum absolute atomic E-state index is 5.52. The molecule has 0 atom stereocenters. The maximum Gasteiger partial charge on any atom is 0.472 e. The number of rotatable bonds is 1. The lowest BCUT2D eigenvalue weighted by molar-refractivity contribution is 0.0305. The van der Waals surface area contributed by atoms with E-state index in [0.29, 0.717) is 5.78 Å². The van der Waals surface area contributed by atoms with Crippen LogP contribution in [0.4, 0.5) is 0 Å². The first-order chi connectivity index (χ1) is 4.64. The summed E-state index contributed by atoms with van der Waals surface area (Å²) in [5, 5.41) is 0. The van der Waals surface area contributed by atoms with Crippen molar-refractivity contribution >= 4 is 18.7 Å². The lowest BCUT2D eigenvalue weighted by Gasteiger charge is -2.32. The quantitative estimate of drug-likeness (QED) is 0.428. The average molecular weight is 162 g/mol. The highest BCUT2D eigenvalue weighted by molar-refractivity contribution is 6.56. The van der Waals surface area contributed by atoms with Crippen LogP contribution < -0.4 is 0 Å². The second-order valence-corrected chi connectivity index (χ2v) is 3.68. The molecule has 0 radical (unpaired) electrons. The Balaban J connectivity index is 2.31. The van der Waals surface area contributed by atoms with Crippen molar-refractivity contribution in [2.75, 3.05) is 19.0 Å². The lowest BCUT2D eigenvalue weighted by Crippen LogP contribution is -2.41. The molecule has 1 rings (SSSR count). The highest BCUT2D eigenvalue weighted by Crippen LogP contribution is 2.21. The van der Waals surface area contributed by atoms with Crippen LogP contribution in [0.5, 0.6) is 0 Å². The van der Waals surface area contributed by atoms with Crippen molar-refractivity contribution in [1.29, 1.82) is 0 Å². The van der Waals surface area contributed by atoms with Gasteiger partial charge in [0.05, 0.1) is 5.78 Å². The van der Waals surface area contributed by atoms with Crippen molar-refractivity contribution in [1.82, 2.24) is 0 Å². The van der Waals surface area contributed by atoms with E-state index in [-0.39, 0.29) is 12.5 Å². The Kier molecular flexibility index (Phi) is 2.61. The van der Waals surface area contributed by atoms with Gasteiger partial charge in [-0.1, -0.05) is 13.8 Å². The summed E-state index contributed by atoms with van der Waals surface area (Å²) in [5.74, 6) is 0.427. The molecule has 0 unspecified atom stereocenters. The second kappa shape index (κ2) is 3.12. The number of hydrogen-bond acceptors (Lipinski definition) is 2. The zero-order chi connectivity index (χ0) is 7.61. The normalized spacial score (nSPS) is 24.9. The van der Waals surface area contributed by atoms with E-state index in [0.717, 1.165) is 13.2 Å². The van der Waals surface area contributed by atoms with Crippen molar-refractivity contribution in [3.63, 3.8) is 0 Å². The summed E-state index contributed by atoms with van der Waals surface area (Å²) in [4.78, 5) is 0. The highest BCUT2D eigenvalue weighted by atomic mass is 35.5. The van der Waals surface area contributed by atoms with Gasteiger partial charge in [0.1, 0.15) is 0 Å². The fraction of sp³-hybridized carbons (Fsp3) is 1.00. The van der Waals surface area contributed by atoms with E-state index in [1.807, 2.05) is 0 Å². The van der Waals surface area contributed by atoms with Gasteiger partial charge in [0.15, 0.2) is 0 Å². The Hall–Kier alpha value is 0.275. The summed E-state index contributed by atoms with van der Waals surface area (Å²) < 4.78 is 10.6. The van der Waals surface area contributed by atoms with Crippen molar-refractivity contribution < 1.29 is 9.31 Å². The molecule has 1 fully saturated rings. The van der Waals surface area contributed by atoms with Gasteiger partial charge in [0.2, 0.25) is 0 Å². The van der Waals surface area contributed by atoms with E-state index in [1.54, 1.807) is 0 Å². The summed E-state index contributed by atoms with van der Waals surface area (Å²) in [6.07, 6.45) is 0. The second-order valence-electron chi connectivity index (χ2n) is 3.37. The summed E-state index contributed by atoms with van der Waals surface area (Å²) in [5.41, 5.74) is 0.155. The van der Waals surface area contributed by atoms with Gasteiger partial charge in [-0.05, 0) is 0 Å². The van der Waals surface area contributed by atoms with Crippen LogP contribution in [0, 0.1) is 5.41 Å². The van der Waals surface area contributed by atoms with Gasteiger partial charge in [0, 0.05) is 18.6 Å². The number of alkyl halides is 1. The van der Waals surface area contributed by atoms with Gasteiger partial charge >= 0.3 is 7.12 Å². The topological polar surface area (TPSA) is 18.5 Å². The minimum atomic E-state index is -0.185. The molecule has 1 aliphatic rings. The summed E-state index contributed by atoms with van der Waals surface area (Å²) >= 11 is 5.52. The number of halogens is 1. The Bertz CT molecular complexity index is 108. The molecule has 1 aliphatic heterocycles. The monoisotopic (exact) mass is 162 g/mol. The van der Waals surface area contributed by atoms with Crippen LogP contribution in [-0.2, 0) is 9.31 Å². The molecule has 0 aromatic rings. The molecule has 0 saturated carbocycles. The highest BCUT2D eigenvalue weighted by Gasteiger charge is 2.30. The molecule has 10 heavy (non-hydrogen) atoms. The predicted octanol–water partition coefficient (Wildman–Crippen LogP) is 1.33. The predicted molar refractivity (Wildman–Crippen MR) is 42.2 cm³/mol. The summed E-state index contributed by atoms with van der Waals surface area (Å²) in [6, 6.07) is 0. The molecule has 0 spiro atoms. The SMILES string of the molecule is CC1(C)COB(CCl)OC1.